The normalized spacial score (nSPS) is 22.6. The lowest BCUT2D eigenvalue weighted by Crippen LogP contribution is -2.27. The molecule has 0 aromatic heterocycles. The summed E-state index contributed by atoms with van der Waals surface area (Å²) in [5.74, 6) is 3.64. The minimum atomic E-state index is -0.101. The van der Waals surface area contributed by atoms with Gasteiger partial charge in [-0.15, -0.1) is 0 Å². The summed E-state index contributed by atoms with van der Waals surface area (Å²) >= 11 is 0. The van der Waals surface area contributed by atoms with Gasteiger partial charge in [-0.3, -0.25) is 0 Å². The Bertz CT molecular complexity index is 2250. The lowest BCUT2D eigenvalue weighted by Gasteiger charge is -2.39. The highest BCUT2D eigenvalue weighted by Gasteiger charge is 2.37. The first-order chi connectivity index (χ1) is 28.0. The van der Waals surface area contributed by atoms with Crippen LogP contribution >= 0.6 is 0 Å². The molecule has 2 bridgehead atoms. The Morgan fingerprint density at radius 2 is 1.32 bits per heavy atom. The fraction of sp³-hybridized carbons (Fsp3) is 0.393. The van der Waals surface area contributed by atoms with Crippen LogP contribution < -0.4 is 4.90 Å². The van der Waals surface area contributed by atoms with Gasteiger partial charge < -0.3 is 4.90 Å². The van der Waals surface area contributed by atoms with Crippen LogP contribution in [0.15, 0.2) is 127 Å². The largest absolute Gasteiger partial charge is 0.310 e. The van der Waals surface area contributed by atoms with Gasteiger partial charge in [-0.2, -0.15) is 0 Å². The van der Waals surface area contributed by atoms with Gasteiger partial charge in [0.2, 0.25) is 0 Å². The minimum absolute atomic E-state index is 0.101. The molecule has 1 nitrogen and oxygen atoms in total. The van der Waals surface area contributed by atoms with Crippen molar-refractivity contribution in [3.05, 3.63) is 161 Å². The SMILES string of the molecule is CC1(C)c2ccc(C3=C(c4ccccc4)CCC=C3)cc2-c2ccc(N(c3ccc(CCC4CC5CCCC(C5)C4)cc3)c3ccc(C4CCCCC4)cc3)cc21. The van der Waals surface area contributed by atoms with Crippen LogP contribution in [0.5, 0.6) is 0 Å². The van der Waals surface area contributed by atoms with E-state index in [1.807, 2.05) is 0 Å². The van der Waals surface area contributed by atoms with E-state index in [0.29, 0.717) is 5.92 Å². The number of aryl methyl sites for hydroxylation is 1. The highest BCUT2D eigenvalue weighted by Crippen LogP contribution is 2.52. The maximum Gasteiger partial charge on any atom is 0.0465 e. The van der Waals surface area contributed by atoms with Crippen LogP contribution in [0, 0.1) is 17.8 Å². The molecule has 2 unspecified atom stereocenters. The minimum Gasteiger partial charge on any atom is -0.310 e. The summed E-state index contributed by atoms with van der Waals surface area (Å²) in [7, 11) is 0. The first-order valence-electron chi connectivity index (χ1n) is 22.7. The molecule has 0 amide bonds. The quantitative estimate of drug-likeness (QED) is 0.145. The summed E-state index contributed by atoms with van der Waals surface area (Å²) in [5.41, 5.74) is 17.7. The molecule has 3 saturated carbocycles. The second-order valence-electron chi connectivity index (χ2n) is 19.0. The maximum atomic E-state index is 2.52. The zero-order valence-corrected chi connectivity index (χ0v) is 34.5. The number of fused-ring (bicyclic) bond motifs is 5. The zero-order chi connectivity index (χ0) is 38.3. The molecule has 5 aliphatic carbocycles. The molecule has 0 saturated heterocycles. The van der Waals surface area contributed by atoms with E-state index in [1.165, 1.54) is 156 Å². The average molecular weight is 748 g/mol. The first-order valence-corrected chi connectivity index (χ1v) is 22.7. The Morgan fingerprint density at radius 1 is 0.596 bits per heavy atom. The third-order valence-electron chi connectivity index (χ3n) is 15.0. The predicted molar refractivity (Wildman–Crippen MR) is 243 cm³/mol. The Balaban J connectivity index is 0.979. The van der Waals surface area contributed by atoms with E-state index in [4.69, 9.17) is 0 Å². The summed E-state index contributed by atoms with van der Waals surface area (Å²) in [6.45, 7) is 4.85. The molecule has 0 spiro atoms. The zero-order valence-electron chi connectivity index (χ0n) is 34.5. The number of hydrogen-bond acceptors (Lipinski definition) is 1. The smallest absolute Gasteiger partial charge is 0.0465 e. The van der Waals surface area contributed by atoms with Gasteiger partial charge in [0, 0.05) is 22.5 Å². The van der Waals surface area contributed by atoms with E-state index in [-0.39, 0.29) is 5.41 Å². The molecular formula is C56H61N. The van der Waals surface area contributed by atoms with Crippen molar-refractivity contribution in [2.24, 2.45) is 17.8 Å². The van der Waals surface area contributed by atoms with Gasteiger partial charge in [0.15, 0.2) is 0 Å². The van der Waals surface area contributed by atoms with Crippen LogP contribution in [-0.4, -0.2) is 0 Å². The Kier molecular flexibility index (Phi) is 10.1. The van der Waals surface area contributed by atoms with E-state index in [2.05, 4.69) is 146 Å². The maximum absolute atomic E-state index is 2.52. The lowest BCUT2D eigenvalue weighted by molar-refractivity contribution is 0.132. The average Bonchev–Trinajstić information content (AvgIpc) is 3.49. The van der Waals surface area contributed by atoms with Crippen LogP contribution in [0.25, 0.3) is 22.3 Å². The van der Waals surface area contributed by atoms with Crippen molar-refractivity contribution in [1.82, 2.24) is 0 Å². The molecule has 0 N–H and O–H groups in total. The molecule has 5 aromatic rings. The van der Waals surface area contributed by atoms with Crippen LogP contribution in [0.4, 0.5) is 17.1 Å². The molecule has 57 heavy (non-hydrogen) atoms. The van der Waals surface area contributed by atoms with E-state index in [1.54, 1.807) is 0 Å². The number of benzene rings is 5. The molecule has 1 heteroatoms. The van der Waals surface area contributed by atoms with Gasteiger partial charge in [-0.1, -0.05) is 137 Å². The Morgan fingerprint density at radius 3 is 2.07 bits per heavy atom. The molecule has 0 aliphatic heterocycles. The van der Waals surface area contributed by atoms with Gasteiger partial charge in [-0.25, -0.2) is 0 Å². The predicted octanol–water partition coefficient (Wildman–Crippen LogP) is 15.9. The second-order valence-corrected chi connectivity index (χ2v) is 19.0. The number of hydrogen-bond donors (Lipinski definition) is 0. The third-order valence-corrected chi connectivity index (χ3v) is 15.0. The molecule has 5 aliphatic rings. The van der Waals surface area contributed by atoms with Gasteiger partial charge in [0.25, 0.3) is 0 Å². The van der Waals surface area contributed by atoms with Gasteiger partial charge >= 0.3 is 0 Å². The van der Waals surface area contributed by atoms with E-state index < -0.39 is 0 Å². The van der Waals surface area contributed by atoms with Crippen molar-refractivity contribution in [2.75, 3.05) is 4.90 Å². The van der Waals surface area contributed by atoms with Crippen LogP contribution in [-0.2, 0) is 11.8 Å². The molecule has 0 radical (unpaired) electrons. The van der Waals surface area contributed by atoms with Crippen molar-refractivity contribution >= 4 is 28.2 Å². The van der Waals surface area contributed by atoms with Crippen molar-refractivity contribution < 1.29 is 0 Å². The van der Waals surface area contributed by atoms with Gasteiger partial charge in [-0.05, 0) is 180 Å². The number of nitrogens with zero attached hydrogens (tertiary/aromatic N) is 1. The first kappa shape index (κ1) is 36.7. The highest BCUT2D eigenvalue weighted by atomic mass is 15.1. The van der Waals surface area contributed by atoms with Crippen molar-refractivity contribution in [3.63, 3.8) is 0 Å². The van der Waals surface area contributed by atoms with E-state index >= 15 is 0 Å². The third kappa shape index (κ3) is 7.26. The summed E-state index contributed by atoms with van der Waals surface area (Å²) in [4.78, 5) is 2.52. The lowest BCUT2D eigenvalue weighted by atomic mass is 9.67. The second kappa shape index (κ2) is 15.6. The summed E-state index contributed by atoms with van der Waals surface area (Å²) < 4.78 is 0. The van der Waals surface area contributed by atoms with E-state index in [9.17, 15) is 0 Å². The fourth-order valence-corrected chi connectivity index (χ4v) is 12.0. The number of anilines is 3. The molecule has 3 fully saturated rings. The summed E-state index contributed by atoms with van der Waals surface area (Å²) in [5, 5.41) is 0. The molecule has 10 rings (SSSR count). The molecular weight excluding hydrogens is 687 g/mol. The van der Waals surface area contributed by atoms with Crippen LogP contribution in [0.3, 0.4) is 0 Å². The summed E-state index contributed by atoms with van der Waals surface area (Å²) in [6, 6.07) is 44.9. The Labute approximate surface area is 342 Å². The van der Waals surface area contributed by atoms with E-state index in [0.717, 1.165) is 30.6 Å². The Hall–Kier alpha value is -4.62. The molecule has 0 heterocycles. The van der Waals surface area contributed by atoms with Crippen molar-refractivity contribution in [2.45, 2.75) is 121 Å². The number of allylic oxidation sites excluding steroid dienone is 4. The van der Waals surface area contributed by atoms with Crippen molar-refractivity contribution in [3.8, 4) is 11.1 Å². The standard InChI is InChI=1S/C56H61N/c1-56(2)54-33-26-46(51-19-10-9-18-50(51)45-16-7-4-8-17-45)37-53(54)52-32-31-49(38-55(52)56)57(48-29-24-44(25-30-48)43-14-5-3-6-15-43)47-27-22-39(23-28-47)20-21-42-35-40-12-11-13-41(34-40)36-42/h4,7-8,10,16-17,19,22-33,37-38,40-43H,3,5-6,9,11-15,18,20-21,34-36H2,1-2H3. The topological polar surface area (TPSA) is 3.24 Å². The molecule has 5 aromatic carbocycles. The summed E-state index contributed by atoms with van der Waals surface area (Å²) in [6.07, 6.45) is 25.1. The highest BCUT2D eigenvalue weighted by molar-refractivity contribution is 5.98. The van der Waals surface area contributed by atoms with Gasteiger partial charge in [0.05, 0.1) is 0 Å². The monoisotopic (exact) mass is 747 g/mol. The molecule has 2 atom stereocenters. The number of rotatable bonds is 9. The van der Waals surface area contributed by atoms with Crippen LogP contribution in [0.2, 0.25) is 0 Å². The van der Waals surface area contributed by atoms with Gasteiger partial charge in [0.1, 0.15) is 0 Å². The molecule has 290 valence electrons. The van der Waals surface area contributed by atoms with Crippen molar-refractivity contribution in [1.29, 1.82) is 0 Å². The van der Waals surface area contributed by atoms with Crippen LogP contribution in [0.1, 0.15) is 143 Å². The fourth-order valence-electron chi connectivity index (χ4n) is 12.0.